The predicted molar refractivity (Wildman–Crippen MR) is 79.7 cm³/mol. The number of fused-ring (bicyclic) bond motifs is 1. The third-order valence-corrected chi connectivity index (χ3v) is 3.38. The van der Waals surface area contributed by atoms with Crippen molar-refractivity contribution in [2.45, 2.75) is 13.3 Å². The molecule has 21 heavy (non-hydrogen) atoms. The number of rotatable bonds is 3. The highest BCUT2D eigenvalue weighted by atomic mass is 16.7. The molecule has 0 unspecified atom stereocenters. The van der Waals surface area contributed by atoms with E-state index in [0.29, 0.717) is 11.3 Å². The lowest BCUT2D eigenvalue weighted by Gasteiger charge is -2.04. The fraction of sp³-hybridized carbons (Fsp3) is 0.176. The summed E-state index contributed by atoms with van der Waals surface area (Å²) in [6, 6.07) is 14.7. The van der Waals surface area contributed by atoms with Crippen LogP contribution in [0, 0.1) is 0 Å². The fourth-order valence-electron chi connectivity index (χ4n) is 2.20. The Morgan fingerprint density at radius 2 is 1.95 bits per heavy atom. The highest BCUT2D eigenvalue weighted by molar-refractivity contribution is 5.99. The summed E-state index contributed by atoms with van der Waals surface area (Å²) in [5.41, 5.74) is 3.24. The van der Waals surface area contributed by atoms with Gasteiger partial charge in [-0.2, -0.15) is 0 Å². The van der Waals surface area contributed by atoms with E-state index in [-0.39, 0.29) is 0 Å². The largest absolute Gasteiger partial charge is 0.493 e. The van der Waals surface area contributed by atoms with Crippen molar-refractivity contribution in [3.05, 3.63) is 65.2 Å². The van der Waals surface area contributed by atoms with E-state index < -0.39 is 5.97 Å². The third kappa shape index (κ3) is 2.94. The van der Waals surface area contributed by atoms with E-state index in [1.165, 1.54) is 0 Å². The molecule has 0 amide bonds. The van der Waals surface area contributed by atoms with Gasteiger partial charge >= 0.3 is 5.97 Å². The second-order valence-corrected chi connectivity index (χ2v) is 4.84. The molecule has 4 nitrogen and oxygen atoms in total. The lowest BCUT2D eigenvalue weighted by atomic mass is 10.1. The van der Waals surface area contributed by atoms with Crippen LogP contribution in [0.1, 0.15) is 28.4 Å². The second-order valence-electron chi connectivity index (χ2n) is 4.84. The highest BCUT2D eigenvalue weighted by Gasteiger charge is 2.13. The Bertz CT molecular complexity index is 692. The Morgan fingerprint density at radius 3 is 2.76 bits per heavy atom. The number of oxime groups is 1. The molecule has 2 aromatic rings. The van der Waals surface area contributed by atoms with Crippen LogP contribution in [0.2, 0.25) is 0 Å². The summed E-state index contributed by atoms with van der Waals surface area (Å²) in [5.74, 6) is 0.465. The minimum absolute atomic E-state index is 0.459. The molecule has 0 spiro atoms. The van der Waals surface area contributed by atoms with E-state index in [0.717, 1.165) is 29.9 Å². The van der Waals surface area contributed by atoms with Gasteiger partial charge in [0.2, 0.25) is 0 Å². The van der Waals surface area contributed by atoms with Gasteiger partial charge in [-0.15, -0.1) is 0 Å². The molecule has 0 N–H and O–H groups in total. The Balaban J connectivity index is 1.73. The van der Waals surface area contributed by atoms with Crippen molar-refractivity contribution in [2.24, 2.45) is 5.16 Å². The molecule has 0 radical (unpaired) electrons. The molecule has 4 heteroatoms. The number of carbonyl (C=O) groups excluding carboxylic acids is 1. The van der Waals surface area contributed by atoms with Crippen LogP contribution in [0.25, 0.3) is 0 Å². The monoisotopic (exact) mass is 281 g/mol. The molecular weight excluding hydrogens is 266 g/mol. The summed E-state index contributed by atoms with van der Waals surface area (Å²) in [6.07, 6.45) is 0.903. The number of benzene rings is 2. The van der Waals surface area contributed by atoms with E-state index in [9.17, 15) is 4.79 Å². The Kier molecular flexibility index (Phi) is 3.69. The van der Waals surface area contributed by atoms with Gasteiger partial charge in [-0.25, -0.2) is 4.79 Å². The molecule has 106 valence electrons. The molecule has 1 aliphatic heterocycles. The van der Waals surface area contributed by atoms with Crippen molar-refractivity contribution >= 4 is 11.7 Å². The fourth-order valence-corrected chi connectivity index (χ4v) is 2.20. The first-order valence-corrected chi connectivity index (χ1v) is 6.81. The van der Waals surface area contributed by atoms with Gasteiger partial charge in [0.1, 0.15) is 5.75 Å². The van der Waals surface area contributed by atoms with Gasteiger partial charge in [0, 0.05) is 6.42 Å². The minimum Gasteiger partial charge on any atom is -0.493 e. The lowest BCUT2D eigenvalue weighted by molar-refractivity contribution is 0.0516. The summed E-state index contributed by atoms with van der Waals surface area (Å²) in [4.78, 5) is 16.8. The van der Waals surface area contributed by atoms with E-state index in [1.54, 1.807) is 24.3 Å². The van der Waals surface area contributed by atoms with E-state index in [4.69, 9.17) is 9.57 Å². The molecule has 2 aromatic carbocycles. The molecule has 1 heterocycles. The Morgan fingerprint density at radius 1 is 1.14 bits per heavy atom. The van der Waals surface area contributed by atoms with Gasteiger partial charge < -0.3 is 9.57 Å². The molecule has 0 bridgehead atoms. The smallest absolute Gasteiger partial charge is 0.365 e. The lowest BCUT2D eigenvalue weighted by Crippen LogP contribution is -2.04. The molecule has 0 fully saturated rings. The van der Waals surface area contributed by atoms with E-state index in [1.807, 2.05) is 31.2 Å². The molecule has 3 rings (SSSR count). The summed E-state index contributed by atoms with van der Waals surface area (Å²) in [7, 11) is 0. The summed E-state index contributed by atoms with van der Waals surface area (Å²) < 4.78 is 5.46. The van der Waals surface area contributed by atoms with Gasteiger partial charge in [0.05, 0.1) is 17.9 Å². The molecule has 0 saturated heterocycles. The van der Waals surface area contributed by atoms with Gasteiger partial charge in [0.25, 0.3) is 0 Å². The third-order valence-electron chi connectivity index (χ3n) is 3.38. The quantitative estimate of drug-likeness (QED) is 0.493. The number of nitrogens with zero attached hydrogens (tertiary/aromatic N) is 1. The highest BCUT2D eigenvalue weighted by Crippen LogP contribution is 2.26. The van der Waals surface area contributed by atoms with Gasteiger partial charge in [-0.05, 0) is 48.4 Å². The second kappa shape index (κ2) is 5.79. The zero-order valence-electron chi connectivity index (χ0n) is 11.7. The molecular formula is C17H15NO3. The first-order valence-electron chi connectivity index (χ1n) is 6.81. The minimum atomic E-state index is -0.459. The van der Waals surface area contributed by atoms with Crippen molar-refractivity contribution in [2.75, 3.05) is 6.61 Å². The van der Waals surface area contributed by atoms with Crippen molar-refractivity contribution in [1.29, 1.82) is 0 Å². The summed E-state index contributed by atoms with van der Waals surface area (Å²) in [6.45, 7) is 2.54. The molecule has 0 saturated carbocycles. The van der Waals surface area contributed by atoms with Crippen molar-refractivity contribution in [3.8, 4) is 5.75 Å². The van der Waals surface area contributed by atoms with Gasteiger partial charge in [-0.1, -0.05) is 23.4 Å². The first kappa shape index (κ1) is 13.4. The SMILES string of the molecule is C/C(=N/OC(=O)c1ccccc1)c1ccc2c(c1)CCO2. The maximum absolute atomic E-state index is 11.8. The predicted octanol–water partition coefficient (Wildman–Crippen LogP) is 3.20. The van der Waals surface area contributed by atoms with E-state index in [2.05, 4.69) is 5.16 Å². The average Bonchev–Trinajstić information content (AvgIpc) is 3.00. The zero-order valence-corrected chi connectivity index (χ0v) is 11.7. The number of carbonyl (C=O) groups is 1. The van der Waals surface area contributed by atoms with Crippen molar-refractivity contribution in [1.82, 2.24) is 0 Å². The average molecular weight is 281 g/mol. The van der Waals surface area contributed by atoms with Crippen molar-refractivity contribution in [3.63, 3.8) is 0 Å². The van der Waals surface area contributed by atoms with Crippen LogP contribution in [0.15, 0.2) is 53.7 Å². The van der Waals surface area contributed by atoms with Crippen LogP contribution in [-0.2, 0) is 11.3 Å². The number of hydrogen-bond donors (Lipinski definition) is 0. The Labute approximate surface area is 123 Å². The first-order chi connectivity index (χ1) is 10.2. The molecule has 0 aliphatic carbocycles. The number of hydrogen-bond acceptors (Lipinski definition) is 4. The van der Waals surface area contributed by atoms with E-state index >= 15 is 0 Å². The Hall–Kier alpha value is -2.62. The summed E-state index contributed by atoms with van der Waals surface area (Å²) >= 11 is 0. The zero-order chi connectivity index (χ0) is 14.7. The standard InChI is InChI=1S/C17H15NO3/c1-12(14-7-8-16-15(11-14)9-10-20-16)18-21-17(19)13-5-3-2-4-6-13/h2-8,11H,9-10H2,1H3/b18-12-. The topological polar surface area (TPSA) is 47.9 Å². The van der Waals surface area contributed by atoms with Crippen LogP contribution in [0.5, 0.6) is 5.75 Å². The molecule has 1 aliphatic rings. The molecule has 0 aromatic heterocycles. The number of ether oxygens (including phenoxy) is 1. The van der Waals surface area contributed by atoms with Crippen molar-refractivity contribution < 1.29 is 14.4 Å². The van der Waals surface area contributed by atoms with Gasteiger partial charge in [-0.3, -0.25) is 0 Å². The maximum Gasteiger partial charge on any atom is 0.365 e. The van der Waals surface area contributed by atoms with Crippen LogP contribution < -0.4 is 4.74 Å². The van der Waals surface area contributed by atoms with Crippen LogP contribution in [0.4, 0.5) is 0 Å². The van der Waals surface area contributed by atoms with Crippen LogP contribution >= 0.6 is 0 Å². The van der Waals surface area contributed by atoms with Crippen LogP contribution in [0.3, 0.4) is 0 Å². The van der Waals surface area contributed by atoms with Crippen LogP contribution in [-0.4, -0.2) is 18.3 Å². The molecule has 0 atom stereocenters. The van der Waals surface area contributed by atoms with Gasteiger partial charge in [0.15, 0.2) is 0 Å². The summed E-state index contributed by atoms with van der Waals surface area (Å²) in [5, 5.41) is 3.92. The normalized spacial score (nSPS) is 13.5. The maximum atomic E-state index is 11.8.